The van der Waals surface area contributed by atoms with Gasteiger partial charge in [-0.2, -0.15) is 5.10 Å². The molecule has 31 heavy (non-hydrogen) atoms. The van der Waals surface area contributed by atoms with Crippen LogP contribution >= 0.6 is 0 Å². The van der Waals surface area contributed by atoms with Crippen molar-refractivity contribution in [1.29, 1.82) is 0 Å². The molecule has 2 heterocycles. The van der Waals surface area contributed by atoms with Gasteiger partial charge in [-0.1, -0.05) is 0 Å². The molecule has 2 aromatic carbocycles. The van der Waals surface area contributed by atoms with Crippen molar-refractivity contribution < 1.29 is 23.7 Å². The van der Waals surface area contributed by atoms with Crippen LogP contribution in [-0.2, 0) is 0 Å². The molecule has 1 aliphatic heterocycles. The van der Waals surface area contributed by atoms with Gasteiger partial charge in [-0.25, -0.2) is 4.79 Å². The third kappa shape index (κ3) is 3.34. The molecule has 0 aliphatic carbocycles. The lowest BCUT2D eigenvalue weighted by Crippen LogP contribution is -2.12. The zero-order valence-electron chi connectivity index (χ0n) is 18.0. The Hall–Kier alpha value is -3.68. The summed E-state index contributed by atoms with van der Waals surface area (Å²) in [5.74, 6) is 1.69. The number of fused-ring (bicyclic) bond motifs is 1. The maximum atomic E-state index is 11.7. The van der Waals surface area contributed by atoms with Gasteiger partial charge in [0, 0.05) is 23.6 Å². The molecule has 4 rings (SSSR count). The van der Waals surface area contributed by atoms with Gasteiger partial charge in [0.1, 0.15) is 11.3 Å². The van der Waals surface area contributed by atoms with E-state index in [1.807, 2.05) is 19.1 Å². The summed E-state index contributed by atoms with van der Waals surface area (Å²) in [6.07, 6.45) is 0.515. The lowest BCUT2D eigenvalue weighted by Gasteiger charge is -2.19. The summed E-state index contributed by atoms with van der Waals surface area (Å²) >= 11 is 0. The van der Waals surface area contributed by atoms with E-state index in [-0.39, 0.29) is 11.8 Å². The van der Waals surface area contributed by atoms with Crippen molar-refractivity contribution in [3.8, 4) is 23.0 Å². The van der Waals surface area contributed by atoms with Gasteiger partial charge in [-0.3, -0.25) is 0 Å². The van der Waals surface area contributed by atoms with Crippen LogP contribution in [0.15, 0.2) is 38.6 Å². The highest BCUT2D eigenvalue weighted by Gasteiger charge is 2.30. The molecule has 2 N–H and O–H groups in total. The van der Waals surface area contributed by atoms with Gasteiger partial charge in [0.25, 0.3) is 0 Å². The van der Waals surface area contributed by atoms with Crippen molar-refractivity contribution in [2.75, 3.05) is 21.3 Å². The van der Waals surface area contributed by atoms with Crippen LogP contribution in [0, 0.1) is 13.8 Å². The summed E-state index contributed by atoms with van der Waals surface area (Å²) in [6.45, 7) is 3.62. The van der Waals surface area contributed by atoms with Crippen LogP contribution in [-0.4, -0.2) is 32.1 Å². The topological polar surface area (TPSA) is 103 Å². The molecular formula is C23H24N2O6. The van der Waals surface area contributed by atoms with E-state index < -0.39 is 5.63 Å². The quantitative estimate of drug-likeness (QED) is 0.604. The molecule has 1 atom stereocenters. The summed E-state index contributed by atoms with van der Waals surface area (Å²) in [5.41, 5.74) is 6.64. The molecule has 1 aliphatic rings. The van der Waals surface area contributed by atoms with E-state index in [1.165, 1.54) is 6.07 Å². The number of rotatable bonds is 5. The third-order valence-corrected chi connectivity index (χ3v) is 5.55. The molecule has 0 unspecified atom stereocenters. The van der Waals surface area contributed by atoms with Crippen LogP contribution in [0.2, 0.25) is 0 Å². The Kier molecular flexibility index (Phi) is 5.22. The van der Waals surface area contributed by atoms with Crippen LogP contribution in [0.5, 0.6) is 23.0 Å². The summed E-state index contributed by atoms with van der Waals surface area (Å²) in [7, 11) is 4.71. The van der Waals surface area contributed by atoms with Crippen molar-refractivity contribution in [3.05, 3.63) is 56.9 Å². The normalized spacial score (nSPS) is 15.5. The van der Waals surface area contributed by atoms with Crippen LogP contribution < -0.4 is 25.3 Å². The van der Waals surface area contributed by atoms with Crippen molar-refractivity contribution in [2.45, 2.75) is 26.3 Å². The number of benzene rings is 2. The Morgan fingerprint density at radius 3 is 2.48 bits per heavy atom. The summed E-state index contributed by atoms with van der Waals surface area (Å²) < 4.78 is 21.7. The fraction of sp³-hybridized carbons (Fsp3) is 0.304. The largest absolute Gasteiger partial charge is 0.506 e. The molecule has 1 aromatic heterocycles. The maximum absolute atomic E-state index is 11.7. The van der Waals surface area contributed by atoms with Crippen LogP contribution in [0.4, 0.5) is 0 Å². The molecule has 0 bridgehead atoms. The lowest BCUT2D eigenvalue weighted by molar-refractivity contribution is 0.320. The number of phenolic OH excluding ortho intramolecular Hbond substituents is 1. The number of phenols is 1. The number of hydrogen-bond donors (Lipinski definition) is 2. The molecule has 162 valence electrons. The van der Waals surface area contributed by atoms with Crippen LogP contribution in [0.3, 0.4) is 0 Å². The Morgan fingerprint density at radius 2 is 1.81 bits per heavy atom. The first kappa shape index (κ1) is 20.6. The Bertz CT molecular complexity index is 1260. The minimum absolute atomic E-state index is 0.0525. The third-order valence-electron chi connectivity index (χ3n) is 5.55. The maximum Gasteiger partial charge on any atom is 0.336 e. The Balaban J connectivity index is 1.75. The van der Waals surface area contributed by atoms with Crippen molar-refractivity contribution in [1.82, 2.24) is 5.43 Å². The molecule has 0 radical (unpaired) electrons. The number of methoxy groups -OCH3 is 3. The number of hydrogen-bond acceptors (Lipinski definition) is 8. The molecule has 0 saturated heterocycles. The smallest absolute Gasteiger partial charge is 0.336 e. The number of hydrazone groups is 1. The van der Waals surface area contributed by atoms with Crippen molar-refractivity contribution in [2.24, 2.45) is 5.10 Å². The van der Waals surface area contributed by atoms with E-state index >= 15 is 0 Å². The highest BCUT2D eigenvalue weighted by Crippen LogP contribution is 2.44. The number of nitrogens with zero attached hydrogens (tertiary/aromatic N) is 1. The monoisotopic (exact) mass is 424 g/mol. The number of ether oxygens (including phenoxy) is 3. The average Bonchev–Trinajstić information content (AvgIpc) is 3.20. The summed E-state index contributed by atoms with van der Waals surface area (Å²) in [4.78, 5) is 11.7. The minimum atomic E-state index is -0.447. The summed E-state index contributed by atoms with van der Waals surface area (Å²) in [5, 5.41) is 16.0. The van der Waals surface area contributed by atoms with Gasteiger partial charge in [-0.15, -0.1) is 0 Å². The Morgan fingerprint density at radius 1 is 1.06 bits per heavy atom. The van der Waals surface area contributed by atoms with Crippen LogP contribution in [0.1, 0.15) is 34.7 Å². The standard InChI is InChI=1S/C23H24N2O6/c1-11-8-17-20(12(2)9-18(26)31-17)21(27)19(11)15-10-14(24-25-15)13-6-7-16(28-3)23(30-5)22(13)29-4/h6-9,14,24,27H,10H2,1-5H3/t14-/m1/s1. The van der Waals surface area contributed by atoms with E-state index in [0.29, 0.717) is 51.5 Å². The molecule has 0 fully saturated rings. The molecule has 8 nitrogen and oxygen atoms in total. The van der Waals surface area contributed by atoms with Gasteiger partial charge >= 0.3 is 5.63 Å². The molecule has 0 saturated carbocycles. The van der Waals surface area contributed by atoms with E-state index in [1.54, 1.807) is 34.3 Å². The fourth-order valence-corrected chi connectivity index (χ4v) is 4.16. The minimum Gasteiger partial charge on any atom is -0.506 e. The van der Waals surface area contributed by atoms with Crippen LogP contribution in [0.25, 0.3) is 11.0 Å². The molecule has 8 heteroatoms. The lowest BCUT2D eigenvalue weighted by atomic mass is 9.93. The van der Waals surface area contributed by atoms with E-state index in [4.69, 9.17) is 18.6 Å². The van der Waals surface area contributed by atoms with E-state index in [2.05, 4.69) is 10.5 Å². The number of aromatic hydroxyl groups is 1. The second-order valence-corrected chi connectivity index (χ2v) is 7.41. The number of aryl methyl sites for hydroxylation is 2. The number of nitrogens with one attached hydrogen (secondary N) is 1. The van der Waals surface area contributed by atoms with E-state index in [0.717, 1.165) is 11.1 Å². The summed E-state index contributed by atoms with van der Waals surface area (Å²) in [6, 6.07) is 6.66. The fourth-order valence-electron chi connectivity index (χ4n) is 4.16. The second kappa shape index (κ2) is 7.86. The van der Waals surface area contributed by atoms with Gasteiger partial charge in [0.15, 0.2) is 11.5 Å². The predicted molar refractivity (Wildman–Crippen MR) is 117 cm³/mol. The van der Waals surface area contributed by atoms with E-state index in [9.17, 15) is 9.90 Å². The Labute approximate surface area is 179 Å². The van der Waals surface area contributed by atoms with Gasteiger partial charge in [0.05, 0.1) is 38.5 Å². The zero-order valence-corrected chi connectivity index (χ0v) is 18.0. The second-order valence-electron chi connectivity index (χ2n) is 7.41. The van der Waals surface area contributed by atoms with Gasteiger partial charge < -0.3 is 29.2 Å². The average molecular weight is 424 g/mol. The highest BCUT2D eigenvalue weighted by atomic mass is 16.5. The van der Waals surface area contributed by atoms with Crippen molar-refractivity contribution in [3.63, 3.8) is 0 Å². The predicted octanol–water partition coefficient (Wildman–Crippen LogP) is 3.58. The molecule has 0 amide bonds. The molecular weight excluding hydrogens is 400 g/mol. The SMILES string of the molecule is COc1ccc([C@H]2CC(c3c(C)cc4oc(=O)cc(C)c4c3O)=NN2)c(OC)c1OC. The zero-order chi connectivity index (χ0) is 22.3. The highest BCUT2D eigenvalue weighted by molar-refractivity contribution is 6.09. The first-order valence-electron chi connectivity index (χ1n) is 9.77. The van der Waals surface area contributed by atoms with Gasteiger partial charge in [0.2, 0.25) is 5.75 Å². The molecule has 3 aromatic rings. The molecule has 0 spiro atoms. The first-order valence-corrected chi connectivity index (χ1v) is 9.77. The first-order chi connectivity index (χ1) is 14.9. The van der Waals surface area contributed by atoms with Crippen molar-refractivity contribution >= 4 is 16.7 Å². The van der Waals surface area contributed by atoms with Gasteiger partial charge in [-0.05, 0) is 43.2 Å².